The number of rotatable bonds is 1. The Labute approximate surface area is 92.4 Å². The van der Waals surface area contributed by atoms with Crippen molar-refractivity contribution in [2.75, 3.05) is 0 Å². The van der Waals surface area contributed by atoms with Crippen LogP contribution < -0.4 is 0 Å². The highest BCUT2D eigenvalue weighted by atomic mass is 16.5. The molecule has 5 unspecified atom stereocenters. The Hall–Kier alpha value is -0.530. The maximum Gasteiger partial charge on any atom is 0.302 e. The topological polar surface area (TPSA) is 26.3 Å². The summed E-state index contributed by atoms with van der Waals surface area (Å²) in [5.74, 6) is 2.79. The fourth-order valence-corrected chi connectivity index (χ4v) is 3.79. The molecule has 0 spiro atoms. The van der Waals surface area contributed by atoms with Crippen molar-refractivity contribution in [3.8, 4) is 0 Å². The van der Waals surface area contributed by atoms with Crippen molar-refractivity contribution in [3.05, 3.63) is 0 Å². The van der Waals surface area contributed by atoms with Gasteiger partial charge in [-0.3, -0.25) is 4.79 Å². The van der Waals surface area contributed by atoms with Crippen molar-refractivity contribution in [1.82, 2.24) is 0 Å². The average molecular weight is 210 g/mol. The van der Waals surface area contributed by atoms with Crippen LogP contribution >= 0.6 is 0 Å². The lowest BCUT2D eigenvalue weighted by Gasteiger charge is -2.45. The molecule has 0 aromatic rings. The van der Waals surface area contributed by atoms with E-state index < -0.39 is 0 Å². The number of hydrogen-bond donors (Lipinski definition) is 0. The Morgan fingerprint density at radius 2 is 1.87 bits per heavy atom. The highest BCUT2D eigenvalue weighted by Crippen LogP contribution is 2.45. The minimum absolute atomic E-state index is 0.108. The second-order valence-corrected chi connectivity index (χ2v) is 5.73. The van der Waals surface area contributed by atoms with Crippen molar-refractivity contribution in [2.24, 2.45) is 23.7 Å². The van der Waals surface area contributed by atoms with E-state index in [9.17, 15) is 4.79 Å². The van der Waals surface area contributed by atoms with Crippen molar-refractivity contribution in [3.63, 3.8) is 0 Å². The molecule has 0 aliphatic heterocycles. The summed E-state index contributed by atoms with van der Waals surface area (Å²) in [4.78, 5) is 11.1. The number of esters is 1. The Kier molecular flexibility index (Phi) is 3.03. The van der Waals surface area contributed by atoms with E-state index in [1.165, 1.54) is 32.6 Å². The standard InChI is InChI=1S/C13H22O2/c1-8-4-11-6-9(2)13(15-10(3)14)12(5-8)7-11/h8-9,11-13H,4-7H2,1-3H3. The number of carbonyl (C=O) groups is 1. The Balaban J connectivity index is 2.06. The third-order valence-corrected chi connectivity index (χ3v) is 4.11. The van der Waals surface area contributed by atoms with Gasteiger partial charge in [0.05, 0.1) is 0 Å². The first kappa shape index (κ1) is 11.0. The van der Waals surface area contributed by atoms with Gasteiger partial charge in [0.25, 0.3) is 0 Å². The molecule has 0 aromatic carbocycles. The van der Waals surface area contributed by atoms with Gasteiger partial charge in [-0.25, -0.2) is 0 Å². The van der Waals surface area contributed by atoms with Crippen LogP contribution in [0.15, 0.2) is 0 Å². The van der Waals surface area contributed by atoms with Crippen LogP contribution in [-0.4, -0.2) is 12.1 Å². The molecule has 2 heteroatoms. The van der Waals surface area contributed by atoms with Crippen LogP contribution in [0.25, 0.3) is 0 Å². The lowest BCUT2D eigenvalue weighted by Crippen LogP contribution is -2.42. The number of hydrogen-bond acceptors (Lipinski definition) is 2. The van der Waals surface area contributed by atoms with Crippen LogP contribution in [0.3, 0.4) is 0 Å². The molecule has 0 N–H and O–H groups in total. The highest BCUT2D eigenvalue weighted by Gasteiger charge is 2.41. The SMILES string of the molecule is CC(=O)OC1C(C)CC2CC(C)CC1C2. The number of ether oxygens (including phenoxy) is 1. The van der Waals surface area contributed by atoms with Gasteiger partial charge < -0.3 is 4.74 Å². The van der Waals surface area contributed by atoms with Gasteiger partial charge in [0.15, 0.2) is 0 Å². The van der Waals surface area contributed by atoms with E-state index in [4.69, 9.17) is 4.74 Å². The Bertz CT molecular complexity index is 245. The number of carbonyl (C=O) groups excluding carboxylic acids is 1. The molecule has 0 aromatic heterocycles. The molecular weight excluding hydrogens is 188 g/mol. The molecular formula is C13H22O2. The smallest absolute Gasteiger partial charge is 0.302 e. The van der Waals surface area contributed by atoms with Gasteiger partial charge in [-0.1, -0.05) is 13.8 Å². The van der Waals surface area contributed by atoms with Crippen molar-refractivity contribution in [1.29, 1.82) is 0 Å². The largest absolute Gasteiger partial charge is 0.462 e. The van der Waals surface area contributed by atoms with Crippen LogP contribution in [-0.2, 0) is 9.53 Å². The van der Waals surface area contributed by atoms with Crippen LogP contribution in [0.4, 0.5) is 0 Å². The molecule has 15 heavy (non-hydrogen) atoms. The van der Waals surface area contributed by atoms with Crippen LogP contribution in [0.1, 0.15) is 46.5 Å². The first-order valence-electron chi connectivity index (χ1n) is 6.23. The van der Waals surface area contributed by atoms with E-state index in [-0.39, 0.29) is 12.1 Å². The molecule has 2 aliphatic carbocycles. The predicted octanol–water partition coefficient (Wildman–Crippen LogP) is 3.01. The molecule has 0 radical (unpaired) electrons. The van der Waals surface area contributed by atoms with Crippen LogP contribution in [0, 0.1) is 23.7 Å². The summed E-state index contributed by atoms with van der Waals surface area (Å²) in [6.07, 6.45) is 5.36. The van der Waals surface area contributed by atoms with Gasteiger partial charge in [0.2, 0.25) is 0 Å². The molecule has 2 bridgehead atoms. The molecule has 0 saturated heterocycles. The average Bonchev–Trinajstić information content (AvgIpc) is 2.10. The summed E-state index contributed by atoms with van der Waals surface area (Å²) in [6, 6.07) is 0. The Morgan fingerprint density at radius 1 is 1.13 bits per heavy atom. The van der Waals surface area contributed by atoms with E-state index >= 15 is 0 Å². The zero-order chi connectivity index (χ0) is 11.0. The molecule has 2 rings (SSSR count). The molecule has 0 amide bonds. The maximum absolute atomic E-state index is 11.1. The quantitative estimate of drug-likeness (QED) is 0.622. The van der Waals surface area contributed by atoms with Crippen LogP contribution in [0.2, 0.25) is 0 Å². The van der Waals surface area contributed by atoms with Crippen molar-refractivity contribution < 1.29 is 9.53 Å². The molecule has 86 valence electrons. The van der Waals surface area contributed by atoms with Gasteiger partial charge >= 0.3 is 5.97 Å². The highest BCUT2D eigenvalue weighted by molar-refractivity contribution is 5.66. The summed E-state index contributed by atoms with van der Waals surface area (Å²) in [5, 5.41) is 0. The second kappa shape index (κ2) is 4.15. The molecule has 5 atom stereocenters. The van der Waals surface area contributed by atoms with E-state index in [1.54, 1.807) is 0 Å². The minimum Gasteiger partial charge on any atom is -0.462 e. The van der Waals surface area contributed by atoms with Gasteiger partial charge in [-0.15, -0.1) is 0 Å². The Morgan fingerprint density at radius 3 is 2.53 bits per heavy atom. The molecule has 2 nitrogen and oxygen atoms in total. The van der Waals surface area contributed by atoms with Gasteiger partial charge in [0, 0.05) is 6.92 Å². The third kappa shape index (κ3) is 2.35. The molecule has 2 aliphatic rings. The van der Waals surface area contributed by atoms with Crippen molar-refractivity contribution >= 4 is 5.97 Å². The first-order valence-corrected chi connectivity index (χ1v) is 6.23. The molecule has 2 fully saturated rings. The second-order valence-electron chi connectivity index (χ2n) is 5.73. The molecule has 2 saturated carbocycles. The lowest BCUT2D eigenvalue weighted by atomic mass is 9.64. The summed E-state index contributed by atoms with van der Waals surface area (Å²) >= 11 is 0. The van der Waals surface area contributed by atoms with Gasteiger partial charge in [-0.2, -0.15) is 0 Å². The number of fused-ring (bicyclic) bond motifs is 2. The fourth-order valence-electron chi connectivity index (χ4n) is 3.79. The lowest BCUT2D eigenvalue weighted by molar-refractivity contribution is -0.158. The van der Waals surface area contributed by atoms with Gasteiger partial charge in [0.1, 0.15) is 6.10 Å². The van der Waals surface area contributed by atoms with E-state index in [0.717, 1.165) is 11.8 Å². The summed E-state index contributed by atoms with van der Waals surface area (Å²) in [5.41, 5.74) is 0. The first-order chi connectivity index (χ1) is 7.06. The van der Waals surface area contributed by atoms with E-state index in [0.29, 0.717) is 11.8 Å². The summed E-state index contributed by atoms with van der Waals surface area (Å²) in [7, 11) is 0. The summed E-state index contributed by atoms with van der Waals surface area (Å²) < 4.78 is 5.50. The zero-order valence-corrected chi connectivity index (χ0v) is 10.0. The maximum atomic E-state index is 11.1. The fraction of sp³-hybridized carbons (Fsp3) is 0.923. The third-order valence-electron chi connectivity index (χ3n) is 4.11. The van der Waals surface area contributed by atoms with Crippen LogP contribution in [0.5, 0.6) is 0 Å². The summed E-state index contributed by atoms with van der Waals surface area (Å²) in [6.45, 7) is 6.10. The predicted molar refractivity (Wildman–Crippen MR) is 59.3 cm³/mol. The van der Waals surface area contributed by atoms with Gasteiger partial charge in [-0.05, 0) is 49.4 Å². The zero-order valence-electron chi connectivity index (χ0n) is 10.0. The molecule has 0 heterocycles. The monoisotopic (exact) mass is 210 g/mol. The minimum atomic E-state index is -0.108. The van der Waals surface area contributed by atoms with E-state index in [1.807, 2.05) is 0 Å². The van der Waals surface area contributed by atoms with Crippen molar-refractivity contribution in [2.45, 2.75) is 52.6 Å². The van der Waals surface area contributed by atoms with E-state index in [2.05, 4.69) is 13.8 Å². The normalized spacial score (nSPS) is 44.9.